The molecule has 2 aromatic carbocycles. The predicted octanol–water partition coefficient (Wildman–Crippen LogP) is 3.57. The molecule has 0 aliphatic carbocycles. The maximum Gasteiger partial charge on any atom is 0.416 e. The normalized spacial score (nSPS) is 15.7. The number of fused-ring (bicyclic) bond motifs is 1. The van der Waals surface area contributed by atoms with Crippen molar-refractivity contribution in [3.63, 3.8) is 0 Å². The Morgan fingerprint density at radius 3 is 2.44 bits per heavy atom. The number of halogens is 4. The highest BCUT2D eigenvalue weighted by atomic mass is 32.2. The minimum absolute atomic E-state index is 0.0696. The van der Waals surface area contributed by atoms with E-state index in [1.807, 2.05) is 11.8 Å². The van der Waals surface area contributed by atoms with Crippen LogP contribution in [0.15, 0.2) is 47.4 Å². The second-order valence-electron chi connectivity index (χ2n) is 6.44. The first kappa shape index (κ1) is 19.6. The molecule has 146 valence electrons. The monoisotopic (exact) mass is 402 g/mol. The Morgan fingerprint density at radius 2 is 1.81 bits per heavy atom. The van der Waals surface area contributed by atoms with Crippen LogP contribution in [0.1, 0.15) is 18.1 Å². The number of hydrogen-bond donors (Lipinski definition) is 1. The van der Waals surface area contributed by atoms with E-state index in [9.17, 15) is 26.0 Å². The molecule has 0 bridgehead atoms. The van der Waals surface area contributed by atoms with Crippen LogP contribution in [-0.4, -0.2) is 27.5 Å². The van der Waals surface area contributed by atoms with Gasteiger partial charge in [0.1, 0.15) is 5.82 Å². The van der Waals surface area contributed by atoms with E-state index in [0.717, 1.165) is 35.5 Å². The van der Waals surface area contributed by atoms with E-state index in [0.29, 0.717) is 13.0 Å². The van der Waals surface area contributed by atoms with Crippen LogP contribution >= 0.6 is 0 Å². The summed E-state index contributed by atoms with van der Waals surface area (Å²) in [5.74, 6) is -0.314. The number of alkyl halides is 3. The van der Waals surface area contributed by atoms with E-state index < -0.39 is 21.8 Å². The van der Waals surface area contributed by atoms with Crippen molar-refractivity contribution in [2.75, 3.05) is 18.0 Å². The minimum atomic E-state index is -4.52. The maximum atomic E-state index is 13.3. The molecule has 27 heavy (non-hydrogen) atoms. The van der Waals surface area contributed by atoms with Crippen LogP contribution in [0.2, 0.25) is 0 Å². The van der Waals surface area contributed by atoms with E-state index in [4.69, 9.17) is 0 Å². The second kappa shape index (κ2) is 7.12. The van der Waals surface area contributed by atoms with Crippen molar-refractivity contribution < 1.29 is 26.0 Å². The third-order valence-corrected chi connectivity index (χ3v) is 6.01. The highest BCUT2D eigenvalue weighted by Gasteiger charge is 2.31. The Balaban J connectivity index is 1.67. The molecule has 0 amide bonds. The van der Waals surface area contributed by atoms with Crippen molar-refractivity contribution in [3.05, 3.63) is 59.4 Å². The average Bonchev–Trinajstić information content (AvgIpc) is 3.02. The van der Waals surface area contributed by atoms with E-state index in [1.54, 1.807) is 6.07 Å². The van der Waals surface area contributed by atoms with Crippen LogP contribution in [0.4, 0.5) is 23.2 Å². The summed E-state index contributed by atoms with van der Waals surface area (Å²) in [5.41, 5.74) is 0.820. The molecule has 1 atom stereocenters. The topological polar surface area (TPSA) is 49.4 Å². The SMILES string of the molecule is CC(CNS(=O)(=O)c1ccc(C(F)(F)F)cc1)N1CCc2cc(F)ccc21. The van der Waals surface area contributed by atoms with E-state index in [-0.39, 0.29) is 23.3 Å². The highest BCUT2D eigenvalue weighted by molar-refractivity contribution is 7.89. The maximum absolute atomic E-state index is 13.3. The Kier molecular flexibility index (Phi) is 5.18. The molecule has 3 rings (SSSR count). The van der Waals surface area contributed by atoms with Gasteiger partial charge < -0.3 is 4.90 Å². The summed E-state index contributed by atoms with van der Waals surface area (Å²) in [7, 11) is -3.94. The Morgan fingerprint density at radius 1 is 1.15 bits per heavy atom. The van der Waals surface area contributed by atoms with Crippen molar-refractivity contribution in [1.29, 1.82) is 0 Å². The van der Waals surface area contributed by atoms with Crippen molar-refractivity contribution in [2.45, 2.75) is 30.5 Å². The number of rotatable bonds is 5. The number of sulfonamides is 1. The molecule has 1 unspecified atom stereocenters. The molecule has 1 N–H and O–H groups in total. The summed E-state index contributed by atoms with van der Waals surface area (Å²) >= 11 is 0. The van der Waals surface area contributed by atoms with Gasteiger partial charge in [-0.05, 0) is 61.4 Å². The van der Waals surface area contributed by atoms with Gasteiger partial charge in [-0.2, -0.15) is 13.2 Å². The van der Waals surface area contributed by atoms with Crippen LogP contribution in [0.25, 0.3) is 0 Å². The molecule has 0 aromatic heterocycles. The molecular formula is C18H18F4N2O2S. The Hall–Kier alpha value is -2.13. The molecule has 9 heteroatoms. The molecule has 0 saturated heterocycles. The van der Waals surface area contributed by atoms with Gasteiger partial charge in [-0.1, -0.05) is 0 Å². The van der Waals surface area contributed by atoms with Gasteiger partial charge in [-0.25, -0.2) is 17.5 Å². The number of benzene rings is 2. The minimum Gasteiger partial charge on any atom is -0.367 e. The molecule has 0 spiro atoms. The molecule has 1 aliphatic rings. The summed E-state index contributed by atoms with van der Waals surface area (Å²) in [6, 6.07) is 7.63. The zero-order valence-electron chi connectivity index (χ0n) is 14.4. The number of hydrogen-bond acceptors (Lipinski definition) is 3. The van der Waals surface area contributed by atoms with Gasteiger partial charge >= 0.3 is 6.18 Å². The fourth-order valence-electron chi connectivity index (χ4n) is 3.10. The van der Waals surface area contributed by atoms with E-state index in [1.165, 1.54) is 12.1 Å². The number of nitrogens with zero attached hydrogens (tertiary/aromatic N) is 1. The van der Waals surface area contributed by atoms with Crippen LogP contribution in [-0.2, 0) is 22.6 Å². The molecule has 0 fully saturated rings. The fraction of sp³-hybridized carbons (Fsp3) is 0.333. The second-order valence-corrected chi connectivity index (χ2v) is 8.21. The number of nitrogens with one attached hydrogen (secondary N) is 1. The largest absolute Gasteiger partial charge is 0.416 e. The summed E-state index contributed by atoms with van der Waals surface area (Å²) in [5, 5.41) is 0. The Labute approximate surface area is 154 Å². The molecular weight excluding hydrogens is 384 g/mol. The van der Waals surface area contributed by atoms with Crippen molar-refractivity contribution in [2.24, 2.45) is 0 Å². The molecule has 1 aliphatic heterocycles. The summed E-state index contributed by atoms with van der Waals surface area (Å²) in [6.07, 6.45) is -3.85. The van der Waals surface area contributed by atoms with Crippen LogP contribution in [0, 0.1) is 5.82 Å². The zero-order chi connectivity index (χ0) is 19.8. The fourth-order valence-corrected chi connectivity index (χ4v) is 4.22. The van der Waals surface area contributed by atoms with Gasteiger partial charge in [0.25, 0.3) is 0 Å². The van der Waals surface area contributed by atoms with Crippen molar-refractivity contribution >= 4 is 15.7 Å². The van der Waals surface area contributed by atoms with Gasteiger partial charge in [-0.15, -0.1) is 0 Å². The van der Waals surface area contributed by atoms with Gasteiger partial charge in [-0.3, -0.25) is 0 Å². The summed E-state index contributed by atoms with van der Waals surface area (Å²) in [6.45, 7) is 2.54. The lowest BCUT2D eigenvalue weighted by Gasteiger charge is -2.27. The third kappa shape index (κ3) is 4.24. The average molecular weight is 402 g/mol. The molecule has 2 aromatic rings. The van der Waals surface area contributed by atoms with Crippen LogP contribution in [0.3, 0.4) is 0 Å². The summed E-state index contributed by atoms with van der Waals surface area (Å²) < 4.78 is 78.2. The lowest BCUT2D eigenvalue weighted by atomic mass is 10.1. The Bertz CT molecular complexity index is 927. The first-order valence-electron chi connectivity index (χ1n) is 8.30. The lowest BCUT2D eigenvalue weighted by molar-refractivity contribution is -0.137. The van der Waals surface area contributed by atoms with Gasteiger partial charge in [0, 0.05) is 24.8 Å². The van der Waals surface area contributed by atoms with Gasteiger partial charge in [0.05, 0.1) is 10.5 Å². The molecule has 4 nitrogen and oxygen atoms in total. The van der Waals surface area contributed by atoms with Crippen molar-refractivity contribution in [1.82, 2.24) is 4.72 Å². The van der Waals surface area contributed by atoms with E-state index >= 15 is 0 Å². The van der Waals surface area contributed by atoms with Crippen LogP contribution in [0.5, 0.6) is 0 Å². The standard InChI is InChI=1S/C18H18F4N2O2S/c1-12(24-9-8-13-10-15(19)4-7-17(13)24)11-23-27(25,26)16-5-2-14(3-6-16)18(20,21)22/h2-7,10,12,23H,8-9,11H2,1H3. The van der Waals surface area contributed by atoms with E-state index in [2.05, 4.69) is 4.72 Å². The molecule has 0 saturated carbocycles. The lowest BCUT2D eigenvalue weighted by Crippen LogP contribution is -2.41. The molecule has 1 heterocycles. The van der Waals surface area contributed by atoms with Gasteiger partial charge in [0.2, 0.25) is 10.0 Å². The first-order valence-corrected chi connectivity index (χ1v) is 9.78. The highest BCUT2D eigenvalue weighted by Crippen LogP contribution is 2.31. The predicted molar refractivity (Wildman–Crippen MR) is 93.5 cm³/mol. The summed E-state index contributed by atoms with van der Waals surface area (Å²) in [4.78, 5) is 1.75. The third-order valence-electron chi connectivity index (χ3n) is 4.57. The number of anilines is 1. The molecule has 0 radical (unpaired) electrons. The first-order chi connectivity index (χ1) is 12.6. The van der Waals surface area contributed by atoms with Crippen LogP contribution < -0.4 is 9.62 Å². The van der Waals surface area contributed by atoms with Gasteiger partial charge in [0.15, 0.2) is 0 Å². The zero-order valence-corrected chi connectivity index (χ0v) is 15.2. The van der Waals surface area contributed by atoms with Crippen molar-refractivity contribution in [3.8, 4) is 0 Å². The quantitative estimate of drug-likeness (QED) is 0.778. The smallest absolute Gasteiger partial charge is 0.367 e.